The summed E-state index contributed by atoms with van der Waals surface area (Å²) in [6.07, 6.45) is -0.758. The maximum absolute atomic E-state index is 13.3. The number of halogens is 2. The Bertz CT molecular complexity index is 866. The van der Waals surface area contributed by atoms with E-state index in [9.17, 15) is 18.4 Å². The molecule has 0 unspecified atom stereocenters. The number of hydrogen-bond donors (Lipinski definition) is 3. The van der Waals surface area contributed by atoms with Crippen LogP contribution in [0.15, 0.2) is 36.4 Å². The molecule has 1 aliphatic rings. The lowest BCUT2D eigenvalue weighted by Gasteiger charge is -2.15. The first kappa shape index (κ1) is 19.9. The lowest BCUT2D eigenvalue weighted by atomic mass is 10.1. The van der Waals surface area contributed by atoms with E-state index in [-0.39, 0.29) is 46.8 Å². The molecule has 2 aromatic rings. The van der Waals surface area contributed by atoms with E-state index in [0.717, 1.165) is 5.56 Å². The van der Waals surface area contributed by atoms with Gasteiger partial charge in [-0.25, -0.2) is 8.78 Å². The summed E-state index contributed by atoms with van der Waals surface area (Å²) in [6.45, 7) is 1.83. The molecule has 0 saturated heterocycles. The minimum Gasteiger partial charge on any atom is -0.484 e. The topological polar surface area (TPSA) is 83.2 Å². The summed E-state index contributed by atoms with van der Waals surface area (Å²) in [4.78, 5) is 27.4. The van der Waals surface area contributed by atoms with Crippen LogP contribution in [0.5, 0.6) is 5.75 Å². The zero-order valence-electron chi connectivity index (χ0n) is 15.7. The van der Waals surface area contributed by atoms with Gasteiger partial charge in [0.15, 0.2) is 5.75 Å². The second-order valence-corrected chi connectivity index (χ2v) is 6.94. The molecule has 2 atom stereocenters. The Balaban J connectivity index is 0.00000300. The van der Waals surface area contributed by atoms with Crippen molar-refractivity contribution < 1.29 is 27.4 Å². The van der Waals surface area contributed by atoms with E-state index in [1.807, 2.05) is 37.3 Å². The molecule has 0 bridgehead atoms. The normalized spacial score (nSPS) is 19.1. The molecule has 156 valence electrons. The maximum atomic E-state index is 13.3. The van der Waals surface area contributed by atoms with Crippen LogP contribution in [-0.2, 0) is 0 Å². The highest BCUT2D eigenvalue weighted by Gasteiger charge is 2.40. The fourth-order valence-electron chi connectivity index (χ4n) is 3.26. The van der Waals surface area contributed by atoms with Gasteiger partial charge in [0.05, 0.1) is 0 Å². The van der Waals surface area contributed by atoms with Gasteiger partial charge >= 0.3 is 0 Å². The summed E-state index contributed by atoms with van der Waals surface area (Å²) in [5.41, 5.74) is 1.10. The number of H-pyrrole nitrogens is 1. The largest absolute Gasteiger partial charge is 0.484 e. The molecule has 3 N–H and O–H groups in total. The Labute approximate surface area is 166 Å². The van der Waals surface area contributed by atoms with Crippen molar-refractivity contribution in [2.45, 2.75) is 44.3 Å². The van der Waals surface area contributed by atoms with Crippen molar-refractivity contribution in [2.24, 2.45) is 0 Å². The van der Waals surface area contributed by atoms with Gasteiger partial charge in [-0.3, -0.25) is 9.59 Å². The molecular weight excluding hydrogens is 368 g/mol. The van der Waals surface area contributed by atoms with Crippen molar-refractivity contribution in [3.63, 3.8) is 0 Å². The fourth-order valence-corrected chi connectivity index (χ4v) is 3.26. The van der Waals surface area contributed by atoms with Crippen molar-refractivity contribution in [1.29, 1.82) is 0 Å². The van der Waals surface area contributed by atoms with Gasteiger partial charge in [0.25, 0.3) is 11.8 Å². The molecule has 1 aromatic carbocycles. The third-order valence-corrected chi connectivity index (χ3v) is 4.79. The summed E-state index contributed by atoms with van der Waals surface area (Å²) in [5, 5.41) is 5.09. The zero-order chi connectivity index (χ0) is 20.3. The van der Waals surface area contributed by atoms with Gasteiger partial charge in [0.1, 0.15) is 17.5 Å². The number of carbonyl (C=O) groups is 2. The van der Waals surface area contributed by atoms with Gasteiger partial charge in [0, 0.05) is 36.3 Å². The summed E-state index contributed by atoms with van der Waals surface area (Å²) in [6, 6.07) is 10.3. The number of nitrogens with one attached hydrogen (secondary N) is 3. The molecule has 1 heterocycles. The molecule has 6 nitrogen and oxygen atoms in total. The minimum atomic E-state index is -2.75. The second kappa shape index (κ2) is 8.00. The first-order chi connectivity index (χ1) is 13.3. The summed E-state index contributed by atoms with van der Waals surface area (Å²) < 4.78 is 32.6. The van der Waals surface area contributed by atoms with E-state index >= 15 is 0 Å². The first-order valence-corrected chi connectivity index (χ1v) is 9.14. The van der Waals surface area contributed by atoms with Gasteiger partial charge in [-0.05, 0) is 18.9 Å². The Hall–Kier alpha value is -2.90. The van der Waals surface area contributed by atoms with Crippen LogP contribution in [0.4, 0.5) is 8.78 Å². The van der Waals surface area contributed by atoms with Crippen LogP contribution in [0.1, 0.15) is 63.1 Å². The van der Waals surface area contributed by atoms with Gasteiger partial charge < -0.3 is 20.4 Å². The van der Waals surface area contributed by atoms with Crippen LogP contribution in [0.2, 0.25) is 0 Å². The molecule has 0 radical (unpaired) electrons. The Morgan fingerprint density at radius 1 is 1.29 bits per heavy atom. The lowest BCUT2D eigenvalue weighted by molar-refractivity contribution is 0.00709. The first-order valence-electron chi connectivity index (χ1n) is 9.14. The second-order valence-electron chi connectivity index (χ2n) is 6.94. The molecule has 28 heavy (non-hydrogen) atoms. The van der Waals surface area contributed by atoms with E-state index in [1.54, 1.807) is 0 Å². The Kier molecular flexibility index (Phi) is 5.67. The molecule has 1 saturated carbocycles. The smallest absolute Gasteiger partial charge is 0.271 e. The van der Waals surface area contributed by atoms with Gasteiger partial charge in [-0.2, -0.15) is 0 Å². The van der Waals surface area contributed by atoms with Crippen LogP contribution < -0.4 is 15.4 Å². The van der Waals surface area contributed by atoms with E-state index in [0.29, 0.717) is 0 Å². The average molecular weight is 397 g/mol. The maximum Gasteiger partial charge on any atom is 0.271 e. The number of alkyl halides is 2. The molecule has 8 heteroatoms. The number of aromatic nitrogens is 1. The van der Waals surface area contributed by atoms with E-state index in [2.05, 4.69) is 15.6 Å². The van der Waals surface area contributed by atoms with E-state index < -0.39 is 23.8 Å². The number of ether oxygens (including phenoxy) is 1. The molecular formula is C20H29F2N3O3. The highest BCUT2D eigenvalue weighted by Crippen LogP contribution is 2.35. The molecule has 1 aliphatic carbocycles. The Morgan fingerprint density at radius 2 is 2.00 bits per heavy atom. The van der Waals surface area contributed by atoms with Crippen LogP contribution >= 0.6 is 0 Å². The number of carbonyl (C=O) groups excluding carboxylic acids is 2. The van der Waals surface area contributed by atoms with Crippen LogP contribution in [0, 0.1) is 0 Å². The number of benzene rings is 1. The fraction of sp³-hybridized carbons (Fsp3) is 0.400. The van der Waals surface area contributed by atoms with Crippen molar-refractivity contribution >= 4 is 11.8 Å². The quantitative estimate of drug-likeness (QED) is 0.684. The monoisotopic (exact) mass is 397 g/mol. The molecule has 1 aromatic heterocycles. The predicted molar refractivity (Wildman–Crippen MR) is 106 cm³/mol. The third kappa shape index (κ3) is 4.49. The molecule has 0 aliphatic heterocycles. The highest BCUT2D eigenvalue weighted by atomic mass is 19.3. The van der Waals surface area contributed by atoms with Crippen molar-refractivity contribution in [1.82, 2.24) is 15.6 Å². The SMILES string of the molecule is CNC(=O)c1[nH]c(C(=O)N[C@H]2CCC(F)(F)C2)cc1O[C@H](C)c1ccccc1.[HH].[HH].[HH]. The molecule has 3 rings (SSSR count). The minimum absolute atomic E-state index is 0. The van der Waals surface area contributed by atoms with Crippen molar-refractivity contribution in [2.75, 3.05) is 7.05 Å². The Morgan fingerprint density at radius 3 is 2.61 bits per heavy atom. The summed E-state index contributed by atoms with van der Waals surface area (Å²) in [7, 11) is 1.47. The zero-order valence-corrected chi connectivity index (χ0v) is 15.7. The number of amides is 2. The van der Waals surface area contributed by atoms with Crippen molar-refractivity contribution in [3.8, 4) is 5.75 Å². The van der Waals surface area contributed by atoms with Gasteiger partial charge in [-0.15, -0.1) is 0 Å². The lowest BCUT2D eigenvalue weighted by Crippen LogP contribution is -2.34. The number of aromatic amines is 1. The third-order valence-electron chi connectivity index (χ3n) is 4.79. The van der Waals surface area contributed by atoms with E-state index in [4.69, 9.17) is 4.74 Å². The molecule has 0 spiro atoms. The van der Waals surface area contributed by atoms with Crippen LogP contribution in [0.25, 0.3) is 0 Å². The van der Waals surface area contributed by atoms with Crippen LogP contribution in [-0.4, -0.2) is 35.8 Å². The summed E-state index contributed by atoms with van der Waals surface area (Å²) in [5.74, 6) is -3.52. The average Bonchev–Trinajstić information content (AvgIpc) is 3.24. The van der Waals surface area contributed by atoms with Gasteiger partial charge in [0.2, 0.25) is 5.92 Å². The van der Waals surface area contributed by atoms with E-state index in [1.165, 1.54) is 13.1 Å². The van der Waals surface area contributed by atoms with Gasteiger partial charge in [-0.1, -0.05) is 30.3 Å². The van der Waals surface area contributed by atoms with Crippen molar-refractivity contribution in [3.05, 3.63) is 53.3 Å². The molecule has 1 fully saturated rings. The molecule has 2 amide bonds. The highest BCUT2D eigenvalue weighted by molar-refractivity contribution is 5.99. The standard InChI is InChI=1S/C20H23F2N3O3.3H2/c1-12(13-6-4-3-5-7-13)28-16-10-15(25-17(16)19(27)23-2)18(26)24-14-8-9-20(21,22)11-14;;;/h3-7,10,12,14,25H,8-9,11H2,1-2H3,(H,23,27)(H,24,26);3*1H/t12-,14+;;;/m1.../s1. The summed E-state index contributed by atoms with van der Waals surface area (Å²) >= 11 is 0. The predicted octanol–water partition coefficient (Wildman–Crippen LogP) is 4.17. The number of hydrogen-bond acceptors (Lipinski definition) is 3. The number of rotatable bonds is 6. The van der Waals surface area contributed by atoms with Crippen LogP contribution in [0.3, 0.4) is 0 Å².